The summed E-state index contributed by atoms with van der Waals surface area (Å²) in [7, 11) is -0.936. The minimum Gasteiger partial charge on any atom is -0.358 e. The summed E-state index contributed by atoms with van der Waals surface area (Å²) in [4.78, 5) is 22.6. The van der Waals surface area contributed by atoms with Crippen LogP contribution in [0.25, 0.3) is 0 Å². The van der Waals surface area contributed by atoms with Crippen LogP contribution in [0.3, 0.4) is 0 Å². The molecule has 0 aliphatic heterocycles. The van der Waals surface area contributed by atoms with E-state index in [9.17, 15) is 9.59 Å². The van der Waals surface area contributed by atoms with Crippen molar-refractivity contribution in [2.75, 3.05) is 0 Å². The molecule has 0 N–H and O–H groups in total. The van der Waals surface area contributed by atoms with Crippen molar-refractivity contribution in [3.05, 3.63) is 127 Å². The van der Waals surface area contributed by atoms with Gasteiger partial charge in [0.25, 0.3) is 0 Å². The summed E-state index contributed by atoms with van der Waals surface area (Å²) in [6, 6.07) is 35.3. The number of carbonyl (C=O) groups excluding carboxylic acids is 2. The van der Waals surface area contributed by atoms with Crippen molar-refractivity contribution in [2.24, 2.45) is 0 Å². The van der Waals surface area contributed by atoms with Crippen molar-refractivity contribution in [2.45, 2.75) is 0 Å². The third kappa shape index (κ3) is 6.31. The van der Waals surface area contributed by atoms with Gasteiger partial charge >= 0.3 is 17.1 Å². The smallest absolute Gasteiger partial charge is 0.358 e. The Morgan fingerprint density at radius 1 is 0.633 bits per heavy atom. The Morgan fingerprint density at radius 2 is 1.17 bits per heavy atom. The molecule has 0 amide bonds. The van der Waals surface area contributed by atoms with Gasteiger partial charge in [-0.15, -0.1) is 0 Å². The van der Waals surface area contributed by atoms with E-state index in [-0.39, 0.29) is 29.7 Å². The first-order valence-electron chi connectivity index (χ1n) is 8.81. The molecular formula is C26H21MnO2P. The largest absolute Gasteiger partial charge is 2.00 e. The molecule has 0 atom stereocenters. The molecule has 0 aliphatic carbocycles. The van der Waals surface area contributed by atoms with Crippen molar-refractivity contribution in [3.63, 3.8) is 0 Å². The molecule has 0 aromatic heterocycles. The van der Waals surface area contributed by atoms with Crippen LogP contribution < -0.4 is 26.4 Å². The number of benzene rings is 3. The SMILES string of the molecule is O=C=c1cccc(P(c2ccccc2)c2ccccc2)c1=C=O.[CH3-].[Mn+2].c1cc[cH-]c1. The van der Waals surface area contributed by atoms with E-state index in [2.05, 4.69) is 0 Å². The minimum absolute atomic E-state index is 0. The Kier molecular flexibility index (Phi) is 11.2. The molecule has 4 aromatic rings. The van der Waals surface area contributed by atoms with E-state index < -0.39 is 7.92 Å². The van der Waals surface area contributed by atoms with Gasteiger partial charge in [0, 0.05) is 5.30 Å². The van der Waals surface area contributed by atoms with Crippen molar-refractivity contribution in [3.8, 4) is 0 Å². The molecule has 30 heavy (non-hydrogen) atoms. The Bertz CT molecular complexity index is 1110. The Morgan fingerprint density at radius 3 is 1.57 bits per heavy atom. The molecule has 4 aromatic carbocycles. The van der Waals surface area contributed by atoms with Crippen LogP contribution in [0, 0.1) is 7.43 Å². The average Bonchev–Trinajstić information content (AvgIpc) is 3.35. The van der Waals surface area contributed by atoms with E-state index in [1.54, 1.807) is 12.1 Å². The van der Waals surface area contributed by atoms with Gasteiger partial charge in [-0.1, -0.05) is 72.8 Å². The predicted molar refractivity (Wildman–Crippen MR) is 122 cm³/mol. The third-order valence-electron chi connectivity index (χ3n) is 4.08. The van der Waals surface area contributed by atoms with Gasteiger partial charge < -0.3 is 7.43 Å². The van der Waals surface area contributed by atoms with E-state index in [1.807, 2.05) is 109 Å². The molecule has 0 fully saturated rings. The monoisotopic (exact) mass is 451 g/mol. The van der Waals surface area contributed by atoms with Crippen molar-refractivity contribution < 1.29 is 26.7 Å². The van der Waals surface area contributed by atoms with Gasteiger partial charge in [-0.3, -0.25) is 0 Å². The second-order valence-electron chi connectivity index (χ2n) is 5.87. The predicted octanol–water partition coefficient (Wildman–Crippen LogP) is 2.30. The van der Waals surface area contributed by atoms with E-state index in [0.717, 1.165) is 15.9 Å². The first-order chi connectivity index (χ1) is 13.8. The fraction of sp³-hybridized carbons (Fsp3) is 0. The van der Waals surface area contributed by atoms with Gasteiger partial charge in [0.2, 0.25) is 0 Å². The molecule has 0 unspecified atom stereocenters. The molecule has 0 spiro atoms. The summed E-state index contributed by atoms with van der Waals surface area (Å²) in [5, 5.41) is 3.63. The molecule has 0 saturated heterocycles. The van der Waals surface area contributed by atoms with Crippen LogP contribution in [-0.2, 0) is 26.7 Å². The molecule has 0 heterocycles. The maximum Gasteiger partial charge on any atom is 2.00 e. The van der Waals surface area contributed by atoms with Gasteiger partial charge in [0.05, 0.1) is 10.4 Å². The third-order valence-corrected chi connectivity index (χ3v) is 6.56. The van der Waals surface area contributed by atoms with E-state index >= 15 is 0 Å². The maximum absolute atomic E-state index is 11.5. The number of rotatable bonds is 3. The zero-order chi connectivity index (χ0) is 19.6. The van der Waals surface area contributed by atoms with Crippen LogP contribution in [0.1, 0.15) is 0 Å². The maximum atomic E-state index is 11.5. The molecule has 0 bridgehead atoms. The van der Waals surface area contributed by atoms with E-state index in [1.165, 1.54) is 0 Å². The van der Waals surface area contributed by atoms with E-state index in [4.69, 9.17) is 0 Å². The summed E-state index contributed by atoms with van der Waals surface area (Å²) < 4.78 is 0. The summed E-state index contributed by atoms with van der Waals surface area (Å²) in [5.41, 5.74) is 0. The van der Waals surface area contributed by atoms with Gasteiger partial charge in [-0.2, -0.15) is 18.2 Å². The fourth-order valence-corrected chi connectivity index (χ4v) is 5.24. The van der Waals surface area contributed by atoms with Crippen LogP contribution in [0.15, 0.2) is 109 Å². The van der Waals surface area contributed by atoms with Crippen molar-refractivity contribution in [1.29, 1.82) is 0 Å². The van der Waals surface area contributed by atoms with Crippen molar-refractivity contribution >= 4 is 35.7 Å². The standard InChI is InChI=1S/C20H13O2P.C5H5.CH3.Mn/c21-14-16-8-7-13-20(19(16)15-22)23(17-9-3-1-4-10-17)18-11-5-2-6-12-18;1-2-4-5-3-1;;/h1-13H;1-5H;1H3;/q;2*-1;+2. The van der Waals surface area contributed by atoms with Crippen molar-refractivity contribution in [1.82, 2.24) is 0 Å². The molecule has 1 radical (unpaired) electrons. The summed E-state index contributed by atoms with van der Waals surface area (Å²) in [6.07, 6.45) is 0. The quantitative estimate of drug-likeness (QED) is 0.272. The van der Waals surface area contributed by atoms with Crippen LogP contribution in [0.5, 0.6) is 0 Å². The Hall–Kier alpha value is -2.88. The second kappa shape index (κ2) is 13.4. The van der Waals surface area contributed by atoms with Crippen LogP contribution in [0.4, 0.5) is 0 Å². The number of hydrogen-bond acceptors (Lipinski definition) is 2. The topological polar surface area (TPSA) is 34.1 Å². The normalized spacial score (nSPS) is 9.10. The number of hydrogen-bond donors (Lipinski definition) is 0. The van der Waals surface area contributed by atoms with Gasteiger partial charge in [-0.05, 0) is 24.6 Å². The van der Waals surface area contributed by atoms with Gasteiger partial charge in [0.1, 0.15) is 11.9 Å². The molecule has 4 rings (SSSR count). The molecule has 0 saturated carbocycles. The van der Waals surface area contributed by atoms with Gasteiger partial charge in [0.15, 0.2) is 0 Å². The Labute approximate surface area is 189 Å². The molecule has 0 aliphatic rings. The fourth-order valence-electron chi connectivity index (χ4n) is 2.82. The summed E-state index contributed by atoms with van der Waals surface area (Å²) in [6.45, 7) is 0. The van der Waals surface area contributed by atoms with Gasteiger partial charge in [-0.25, -0.2) is 21.7 Å². The van der Waals surface area contributed by atoms with Crippen LogP contribution in [0.2, 0.25) is 0 Å². The summed E-state index contributed by atoms with van der Waals surface area (Å²) in [5.74, 6) is 3.78. The zero-order valence-electron chi connectivity index (χ0n) is 16.5. The summed E-state index contributed by atoms with van der Waals surface area (Å²) >= 11 is 0. The molecule has 149 valence electrons. The minimum atomic E-state index is -0.936. The Balaban J connectivity index is 0.000000566. The second-order valence-corrected chi connectivity index (χ2v) is 8.06. The van der Waals surface area contributed by atoms with Crippen LogP contribution in [-0.4, -0.2) is 11.9 Å². The first kappa shape index (κ1) is 25.2. The zero-order valence-corrected chi connectivity index (χ0v) is 18.6. The van der Waals surface area contributed by atoms with Crippen LogP contribution >= 0.6 is 7.92 Å². The molecule has 4 heteroatoms. The first-order valence-corrected chi connectivity index (χ1v) is 10.2. The molecule has 2 nitrogen and oxygen atoms in total. The van der Waals surface area contributed by atoms with E-state index in [0.29, 0.717) is 5.22 Å². The average molecular weight is 451 g/mol. The molecular weight excluding hydrogens is 430 g/mol.